The zero-order valence-electron chi connectivity index (χ0n) is 16.0. The molecule has 0 radical (unpaired) electrons. The van der Waals surface area contributed by atoms with Crippen molar-refractivity contribution in [1.82, 2.24) is 4.90 Å². The molecule has 6 nitrogen and oxygen atoms in total. The molecule has 0 bridgehead atoms. The molecule has 0 spiro atoms. The quantitative estimate of drug-likeness (QED) is 0.458. The molecule has 3 aliphatic rings. The number of nitrogens with one attached hydrogen (secondary N) is 2. The Morgan fingerprint density at radius 2 is 1.59 bits per heavy atom. The Morgan fingerprint density at radius 1 is 0.931 bits per heavy atom. The summed E-state index contributed by atoms with van der Waals surface area (Å²) in [6, 6.07) is 15.6. The van der Waals surface area contributed by atoms with Crippen molar-refractivity contribution in [3.63, 3.8) is 0 Å². The third kappa shape index (κ3) is 3.61. The first-order valence-electron chi connectivity index (χ1n) is 9.75. The third-order valence-corrected chi connectivity index (χ3v) is 5.45. The monoisotopic (exact) mass is 410 g/mol. The highest BCUT2D eigenvalue weighted by Crippen LogP contribution is 2.38. The first-order chi connectivity index (χ1) is 13.8. The van der Waals surface area contributed by atoms with Crippen LogP contribution in [0.2, 0.25) is 0 Å². The molecule has 3 aliphatic heterocycles. The second kappa shape index (κ2) is 8.27. The zero-order chi connectivity index (χ0) is 18.9. The van der Waals surface area contributed by atoms with Crippen molar-refractivity contribution in [2.75, 3.05) is 36.9 Å². The molecule has 0 atom stereocenters. The van der Waals surface area contributed by atoms with E-state index in [9.17, 15) is 4.79 Å². The van der Waals surface area contributed by atoms with Crippen molar-refractivity contribution in [2.45, 2.75) is 12.8 Å². The number of halogens is 1. The Morgan fingerprint density at radius 3 is 2.34 bits per heavy atom. The predicted molar refractivity (Wildman–Crippen MR) is 117 cm³/mol. The summed E-state index contributed by atoms with van der Waals surface area (Å²) in [5.74, 6) is -0.124. The van der Waals surface area contributed by atoms with E-state index >= 15 is 0 Å². The summed E-state index contributed by atoms with van der Waals surface area (Å²) in [5.41, 5.74) is 5.57. The molecule has 0 aliphatic carbocycles. The largest absolute Gasteiger partial charge is 0.394 e. The van der Waals surface area contributed by atoms with Crippen molar-refractivity contribution >= 4 is 41.0 Å². The highest BCUT2D eigenvalue weighted by atomic mass is 35.5. The maximum Gasteiger partial charge on any atom is 0.258 e. The Balaban J connectivity index is 0.00000205. The molecular weight excluding hydrogens is 388 g/mol. The van der Waals surface area contributed by atoms with Gasteiger partial charge >= 0.3 is 0 Å². The first kappa shape index (κ1) is 19.5. The number of likely N-dealkylation sites (tertiary alicyclic amines) is 1. The summed E-state index contributed by atoms with van der Waals surface area (Å²) in [7, 11) is 0. The van der Waals surface area contributed by atoms with Gasteiger partial charge in [-0.2, -0.15) is 0 Å². The van der Waals surface area contributed by atoms with Crippen LogP contribution in [-0.4, -0.2) is 42.8 Å². The van der Waals surface area contributed by atoms with Gasteiger partial charge in [-0.25, -0.2) is 0 Å². The minimum absolute atomic E-state index is 0. The number of para-hydroxylation sites is 2. The van der Waals surface area contributed by atoms with Crippen molar-refractivity contribution in [1.29, 1.82) is 0 Å². The third-order valence-electron chi connectivity index (χ3n) is 5.45. The van der Waals surface area contributed by atoms with Crippen LogP contribution in [-0.2, 0) is 9.63 Å². The minimum Gasteiger partial charge on any atom is -0.394 e. The van der Waals surface area contributed by atoms with Gasteiger partial charge in [0.15, 0.2) is 0 Å². The lowest BCUT2D eigenvalue weighted by Crippen LogP contribution is -2.23. The number of anilines is 2. The molecule has 1 fully saturated rings. The average Bonchev–Trinajstić information content (AvgIpc) is 3.42. The fraction of sp³-hybridized carbons (Fsp3) is 0.273. The normalized spacial score (nSPS) is 21.4. The molecular formula is C22H23ClN4O2. The molecule has 0 unspecified atom stereocenters. The summed E-state index contributed by atoms with van der Waals surface area (Å²) >= 11 is 0. The fourth-order valence-corrected chi connectivity index (χ4v) is 4.05. The van der Waals surface area contributed by atoms with Crippen LogP contribution in [0, 0.1) is 0 Å². The fourth-order valence-electron chi connectivity index (χ4n) is 4.05. The lowest BCUT2D eigenvalue weighted by molar-refractivity contribution is -0.110. The number of nitrogens with zero attached hydrogens (tertiary/aromatic N) is 2. The highest BCUT2D eigenvalue weighted by molar-refractivity contribution is 6.39. The number of fused-ring (bicyclic) bond motifs is 2. The number of hydrogen-bond acceptors (Lipinski definition) is 5. The van der Waals surface area contributed by atoms with Crippen LogP contribution >= 0.6 is 12.4 Å². The molecule has 29 heavy (non-hydrogen) atoms. The number of carbonyl (C=O) groups is 1. The molecule has 5 rings (SSSR count). The molecule has 2 N–H and O–H groups in total. The second-order valence-electron chi connectivity index (χ2n) is 7.24. The summed E-state index contributed by atoms with van der Waals surface area (Å²) in [6.07, 6.45) is 2.52. The van der Waals surface area contributed by atoms with Crippen LogP contribution in [0.1, 0.15) is 24.0 Å². The standard InChI is InChI=1S/C22H22N4O2.ClH/c27-22-19(15-7-1-3-9-17(15)24-22)21-20(16-8-2-4-10-18(16)23-21)25-28-14-13-26-11-5-6-12-26;/h1-4,7-10,23H,5-6,11-14H2,(H,24,27);1H. The van der Waals surface area contributed by atoms with Gasteiger partial charge in [0, 0.05) is 29.0 Å². The SMILES string of the molecule is Cl.O=C1Nc2ccccc2C1=C1Nc2ccccc2C1=NOCCN1CCCC1. The van der Waals surface area contributed by atoms with E-state index in [1.165, 1.54) is 12.8 Å². The minimum atomic E-state index is -0.124. The molecule has 7 heteroatoms. The highest BCUT2D eigenvalue weighted by Gasteiger charge is 2.34. The zero-order valence-corrected chi connectivity index (χ0v) is 16.8. The predicted octanol–water partition coefficient (Wildman–Crippen LogP) is 3.71. The van der Waals surface area contributed by atoms with Crippen molar-refractivity contribution in [3.8, 4) is 0 Å². The van der Waals surface area contributed by atoms with E-state index < -0.39 is 0 Å². The van der Waals surface area contributed by atoms with Crippen molar-refractivity contribution in [2.24, 2.45) is 5.16 Å². The molecule has 2 aromatic carbocycles. The van der Waals surface area contributed by atoms with E-state index in [0.717, 1.165) is 42.1 Å². The van der Waals surface area contributed by atoms with Crippen molar-refractivity contribution in [3.05, 3.63) is 65.4 Å². The van der Waals surface area contributed by atoms with Crippen molar-refractivity contribution < 1.29 is 9.63 Å². The molecule has 1 amide bonds. The van der Waals surface area contributed by atoms with Crippen LogP contribution in [0.5, 0.6) is 0 Å². The molecule has 150 valence electrons. The molecule has 1 saturated heterocycles. The summed E-state index contributed by atoms with van der Waals surface area (Å²) < 4.78 is 0. The maximum atomic E-state index is 12.7. The van der Waals surface area contributed by atoms with E-state index in [1.807, 2.05) is 48.5 Å². The van der Waals surface area contributed by atoms with Gasteiger partial charge in [0.25, 0.3) is 5.91 Å². The smallest absolute Gasteiger partial charge is 0.258 e. The van der Waals surface area contributed by atoms with Crippen LogP contribution in [0.3, 0.4) is 0 Å². The van der Waals surface area contributed by atoms with Crippen LogP contribution < -0.4 is 10.6 Å². The number of allylic oxidation sites excluding steroid dienone is 1. The number of rotatable bonds is 4. The van der Waals surface area contributed by atoms with Gasteiger partial charge in [-0.05, 0) is 38.1 Å². The Hall–Kier alpha value is -2.83. The van der Waals surface area contributed by atoms with E-state index in [0.29, 0.717) is 23.6 Å². The summed E-state index contributed by atoms with van der Waals surface area (Å²) in [5, 5.41) is 10.8. The van der Waals surface area contributed by atoms with Gasteiger partial charge in [-0.3, -0.25) is 9.69 Å². The number of oxime groups is 1. The maximum absolute atomic E-state index is 12.7. The molecule has 0 saturated carbocycles. The van der Waals surface area contributed by atoms with E-state index in [2.05, 4.69) is 20.7 Å². The van der Waals surface area contributed by atoms with Gasteiger partial charge in [0.05, 0.1) is 11.3 Å². The van der Waals surface area contributed by atoms with E-state index in [-0.39, 0.29) is 18.3 Å². The Kier molecular flexibility index (Phi) is 5.56. The molecule has 0 aromatic heterocycles. The van der Waals surface area contributed by atoms with Crippen LogP contribution in [0.15, 0.2) is 59.4 Å². The first-order valence-corrected chi connectivity index (χ1v) is 9.75. The number of amides is 1. The van der Waals surface area contributed by atoms with E-state index in [1.54, 1.807) is 0 Å². The summed E-state index contributed by atoms with van der Waals surface area (Å²) in [4.78, 5) is 20.8. The van der Waals surface area contributed by atoms with Gasteiger partial charge in [-0.15, -0.1) is 12.4 Å². The summed E-state index contributed by atoms with van der Waals surface area (Å²) in [6.45, 7) is 3.69. The number of carbonyl (C=O) groups excluding carboxylic acids is 1. The second-order valence-corrected chi connectivity index (χ2v) is 7.24. The van der Waals surface area contributed by atoms with E-state index in [4.69, 9.17) is 4.84 Å². The number of hydrogen-bond donors (Lipinski definition) is 2. The van der Waals surface area contributed by atoms with Crippen LogP contribution in [0.25, 0.3) is 5.57 Å². The molecule has 3 heterocycles. The number of benzene rings is 2. The topological polar surface area (TPSA) is 66.0 Å². The lowest BCUT2D eigenvalue weighted by Gasteiger charge is -2.13. The lowest BCUT2D eigenvalue weighted by atomic mass is 10.0. The average molecular weight is 411 g/mol. The van der Waals surface area contributed by atoms with Gasteiger partial charge in [0.2, 0.25) is 0 Å². The molecule has 2 aromatic rings. The Labute approximate surface area is 176 Å². The van der Waals surface area contributed by atoms with Gasteiger partial charge < -0.3 is 15.5 Å². The van der Waals surface area contributed by atoms with Gasteiger partial charge in [0.1, 0.15) is 12.3 Å². The van der Waals surface area contributed by atoms with Crippen LogP contribution in [0.4, 0.5) is 11.4 Å². The Bertz CT molecular complexity index is 996. The van der Waals surface area contributed by atoms with Gasteiger partial charge in [-0.1, -0.05) is 41.6 Å².